The standard InChI is InChI=1S/C24H33N5O5/c1-5-17-13-34-11-10-27(17)19(30)9-8-18-15(4)26-29-22(18)28(12-14(2)3)23(32)20(24(29)33)21(31)25-16-6-7-16/h8-9,14,16-17,33H,5-7,10-13H2,1-4H3,(H,25,31)/b9-8+/t17-/m1/s1. The van der Waals surface area contributed by atoms with E-state index in [1.165, 1.54) is 15.2 Å². The maximum atomic E-state index is 13.4. The molecule has 1 saturated heterocycles. The smallest absolute Gasteiger partial charge is 0.270 e. The van der Waals surface area contributed by atoms with Gasteiger partial charge in [0.25, 0.3) is 11.5 Å². The third-order valence-corrected chi connectivity index (χ3v) is 6.28. The summed E-state index contributed by atoms with van der Waals surface area (Å²) >= 11 is 0. The minimum atomic E-state index is -0.595. The molecule has 184 valence electrons. The first-order chi connectivity index (χ1) is 16.2. The van der Waals surface area contributed by atoms with Gasteiger partial charge in [0.05, 0.1) is 24.9 Å². The molecule has 34 heavy (non-hydrogen) atoms. The second-order valence-electron chi connectivity index (χ2n) is 9.49. The Hall–Kier alpha value is -3.14. The molecular formula is C24H33N5O5. The molecular weight excluding hydrogens is 438 g/mol. The predicted octanol–water partition coefficient (Wildman–Crippen LogP) is 1.71. The Kier molecular flexibility index (Phi) is 6.79. The predicted molar refractivity (Wildman–Crippen MR) is 127 cm³/mol. The number of hydrogen-bond donors (Lipinski definition) is 2. The summed E-state index contributed by atoms with van der Waals surface area (Å²) in [5.74, 6) is -1.14. The number of aryl methyl sites for hydroxylation is 1. The number of hydrogen-bond acceptors (Lipinski definition) is 6. The van der Waals surface area contributed by atoms with E-state index < -0.39 is 17.3 Å². The van der Waals surface area contributed by atoms with E-state index in [2.05, 4.69) is 10.4 Å². The zero-order valence-electron chi connectivity index (χ0n) is 20.2. The third kappa shape index (κ3) is 4.59. The summed E-state index contributed by atoms with van der Waals surface area (Å²) in [6.45, 7) is 9.55. The van der Waals surface area contributed by atoms with Crippen LogP contribution in [0.25, 0.3) is 11.7 Å². The Morgan fingerprint density at radius 2 is 2.06 bits per heavy atom. The Balaban J connectivity index is 1.79. The van der Waals surface area contributed by atoms with E-state index >= 15 is 0 Å². The van der Waals surface area contributed by atoms with Gasteiger partial charge in [-0.2, -0.15) is 9.61 Å². The highest BCUT2D eigenvalue weighted by Gasteiger charge is 2.30. The Bertz CT molecular complexity index is 1190. The molecule has 10 nitrogen and oxygen atoms in total. The summed E-state index contributed by atoms with van der Waals surface area (Å²) in [5.41, 5.74) is 0.557. The van der Waals surface area contributed by atoms with E-state index in [1.807, 2.05) is 20.8 Å². The number of amides is 2. The van der Waals surface area contributed by atoms with E-state index in [0.29, 0.717) is 43.2 Å². The average Bonchev–Trinajstić information content (AvgIpc) is 3.55. The number of aromatic hydroxyl groups is 1. The Morgan fingerprint density at radius 3 is 2.71 bits per heavy atom. The van der Waals surface area contributed by atoms with Crippen molar-refractivity contribution in [2.75, 3.05) is 19.8 Å². The molecule has 1 saturated carbocycles. The van der Waals surface area contributed by atoms with Crippen LogP contribution in [0.5, 0.6) is 5.88 Å². The van der Waals surface area contributed by atoms with Gasteiger partial charge in [0.2, 0.25) is 11.8 Å². The second kappa shape index (κ2) is 9.61. The maximum absolute atomic E-state index is 13.4. The molecule has 0 radical (unpaired) electrons. The van der Waals surface area contributed by atoms with E-state index in [9.17, 15) is 19.5 Å². The molecule has 2 fully saturated rings. The molecule has 2 aromatic heterocycles. The molecule has 2 N–H and O–H groups in total. The number of nitrogens with zero attached hydrogens (tertiary/aromatic N) is 4. The molecule has 0 unspecified atom stereocenters. The van der Waals surface area contributed by atoms with Gasteiger partial charge < -0.3 is 20.1 Å². The number of carbonyl (C=O) groups is 2. The molecule has 0 spiro atoms. The largest absolute Gasteiger partial charge is 0.492 e. The molecule has 0 aromatic carbocycles. The minimum absolute atomic E-state index is 0.0200. The van der Waals surface area contributed by atoms with Crippen LogP contribution in [0, 0.1) is 12.8 Å². The van der Waals surface area contributed by atoms with Crippen molar-refractivity contribution >= 4 is 23.5 Å². The summed E-state index contributed by atoms with van der Waals surface area (Å²) in [4.78, 5) is 40.9. The Labute approximate surface area is 198 Å². The van der Waals surface area contributed by atoms with Gasteiger partial charge in [0.1, 0.15) is 5.65 Å². The summed E-state index contributed by atoms with van der Waals surface area (Å²) in [7, 11) is 0. The lowest BCUT2D eigenvalue weighted by molar-refractivity contribution is -0.134. The van der Waals surface area contributed by atoms with Gasteiger partial charge in [0.15, 0.2) is 5.56 Å². The first-order valence-electron chi connectivity index (χ1n) is 11.9. The highest BCUT2D eigenvalue weighted by Crippen LogP contribution is 2.25. The zero-order valence-corrected chi connectivity index (χ0v) is 20.2. The lowest BCUT2D eigenvalue weighted by atomic mass is 10.1. The molecule has 2 amide bonds. The van der Waals surface area contributed by atoms with Gasteiger partial charge in [0, 0.05) is 30.8 Å². The van der Waals surface area contributed by atoms with Gasteiger partial charge in [-0.15, -0.1) is 0 Å². The van der Waals surface area contributed by atoms with Crippen molar-refractivity contribution in [3.05, 3.63) is 33.3 Å². The number of nitrogens with one attached hydrogen (secondary N) is 1. The van der Waals surface area contributed by atoms with Crippen molar-refractivity contribution in [1.82, 2.24) is 24.4 Å². The van der Waals surface area contributed by atoms with Crippen molar-refractivity contribution in [2.24, 2.45) is 5.92 Å². The minimum Gasteiger partial charge on any atom is -0.492 e. The molecule has 4 rings (SSSR count). The molecule has 2 aromatic rings. The van der Waals surface area contributed by atoms with E-state index in [0.717, 1.165) is 19.3 Å². The van der Waals surface area contributed by atoms with Crippen LogP contribution in [0.1, 0.15) is 61.6 Å². The van der Waals surface area contributed by atoms with Crippen LogP contribution < -0.4 is 10.9 Å². The normalized spacial score (nSPS) is 18.9. The number of ether oxygens (including phenoxy) is 1. The van der Waals surface area contributed by atoms with Crippen molar-refractivity contribution in [1.29, 1.82) is 0 Å². The molecule has 0 bridgehead atoms. The summed E-state index contributed by atoms with van der Waals surface area (Å²) < 4.78 is 8.19. The van der Waals surface area contributed by atoms with Crippen LogP contribution in [-0.2, 0) is 16.1 Å². The first-order valence-corrected chi connectivity index (χ1v) is 11.9. The topological polar surface area (TPSA) is 118 Å². The van der Waals surface area contributed by atoms with Crippen molar-refractivity contribution in [2.45, 2.75) is 65.6 Å². The van der Waals surface area contributed by atoms with Gasteiger partial charge in [-0.3, -0.25) is 19.0 Å². The molecule has 10 heteroatoms. The van der Waals surface area contributed by atoms with Gasteiger partial charge in [-0.1, -0.05) is 20.8 Å². The van der Waals surface area contributed by atoms with Crippen LogP contribution in [0.3, 0.4) is 0 Å². The van der Waals surface area contributed by atoms with Crippen LogP contribution in [0.4, 0.5) is 0 Å². The lowest BCUT2D eigenvalue weighted by Crippen LogP contribution is -2.47. The molecule has 2 aliphatic rings. The average molecular weight is 472 g/mol. The van der Waals surface area contributed by atoms with E-state index in [-0.39, 0.29) is 29.5 Å². The van der Waals surface area contributed by atoms with Gasteiger partial charge in [-0.05, 0) is 38.2 Å². The summed E-state index contributed by atoms with van der Waals surface area (Å²) in [5, 5.41) is 18.1. The van der Waals surface area contributed by atoms with Gasteiger partial charge >= 0.3 is 0 Å². The number of rotatable bonds is 7. The summed E-state index contributed by atoms with van der Waals surface area (Å²) in [6.07, 6.45) is 5.64. The van der Waals surface area contributed by atoms with Crippen LogP contribution in [-0.4, -0.2) is 67.8 Å². The van der Waals surface area contributed by atoms with Crippen molar-refractivity contribution in [3.63, 3.8) is 0 Å². The van der Waals surface area contributed by atoms with Crippen molar-refractivity contribution in [3.8, 4) is 5.88 Å². The maximum Gasteiger partial charge on any atom is 0.270 e. The number of morpholine rings is 1. The SMILES string of the molecule is CC[C@@H]1COCCN1C(=O)/C=C/c1c(C)nn2c(O)c(C(=O)NC3CC3)c(=O)n(CC(C)C)c12. The third-order valence-electron chi connectivity index (χ3n) is 6.28. The first kappa shape index (κ1) is 24.0. The van der Waals surface area contributed by atoms with Gasteiger partial charge in [-0.25, -0.2) is 0 Å². The zero-order chi connectivity index (χ0) is 24.6. The lowest BCUT2D eigenvalue weighted by Gasteiger charge is -2.34. The highest BCUT2D eigenvalue weighted by atomic mass is 16.5. The van der Waals surface area contributed by atoms with Crippen LogP contribution >= 0.6 is 0 Å². The fraction of sp³-hybridized carbons (Fsp3) is 0.583. The van der Waals surface area contributed by atoms with Crippen LogP contribution in [0.2, 0.25) is 0 Å². The fourth-order valence-corrected chi connectivity index (χ4v) is 4.31. The fourth-order valence-electron chi connectivity index (χ4n) is 4.31. The highest BCUT2D eigenvalue weighted by molar-refractivity contribution is 5.97. The number of fused-ring (bicyclic) bond motifs is 1. The summed E-state index contributed by atoms with van der Waals surface area (Å²) in [6, 6.07) is 0.0585. The molecule has 3 heterocycles. The molecule has 1 aliphatic carbocycles. The second-order valence-corrected chi connectivity index (χ2v) is 9.49. The monoisotopic (exact) mass is 471 g/mol. The quantitative estimate of drug-likeness (QED) is 0.594. The van der Waals surface area contributed by atoms with E-state index in [4.69, 9.17) is 4.74 Å². The Morgan fingerprint density at radius 1 is 1.32 bits per heavy atom. The number of aromatic nitrogens is 3. The van der Waals surface area contributed by atoms with E-state index in [1.54, 1.807) is 17.9 Å². The molecule has 1 atom stereocenters. The molecule has 1 aliphatic heterocycles. The van der Waals surface area contributed by atoms with Crippen molar-refractivity contribution < 1.29 is 19.4 Å². The van der Waals surface area contributed by atoms with Crippen LogP contribution in [0.15, 0.2) is 10.9 Å². The number of carbonyl (C=O) groups excluding carboxylic acids is 2.